The third kappa shape index (κ3) is 2.57. The Morgan fingerprint density at radius 3 is 2.64 bits per heavy atom. The van der Waals surface area contributed by atoms with E-state index < -0.39 is 11.9 Å². The van der Waals surface area contributed by atoms with E-state index in [9.17, 15) is 9.59 Å². The lowest BCUT2D eigenvalue weighted by atomic mass is 10.1. The second-order valence-electron chi connectivity index (χ2n) is 5.58. The minimum Gasteiger partial charge on any atom is -0.481 e. The molecule has 118 valence electrons. The first-order valence-corrected chi connectivity index (χ1v) is 7.00. The van der Waals surface area contributed by atoms with Gasteiger partial charge in [-0.1, -0.05) is 18.2 Å². The molecule has 5 nitrogen and oxygen atoms in total. The molecule has 0 aliphatic carbocycles. The number of nitrogens with zero attached hydrogens (tertiary/aromatic N) is 1. The number of amides is 1. The summed E-state index contributed by atoms with van der Waals surface area (Å²) in [6.45, 7) is 4.52. The fourth-order valence-corrected chi connectivity index (χ4v) is 2.88. The van der Waals surface area contributed by atoms with Crippen LogP contribution in [0.15, 0.2) is 22.6 Å². The number of rotatable bonds is 2. The summed E-state index contributed by atoms with van der Waals surface area (Å²) < 4.78 is 5.76. The third-order valence-corrected chi connectivity index (χ3v) is 4.18. The maximum absolute atomic E-state index is 12.6. The molecule has 1 atom stereocenters. The fourth-order valence-electron chi connectivity index (χ4n) is 2.88. The molecule has 3 rings (SSSR count). The number of para-hydroxylation sites is 1. The number of halogens is 1. The Kier molecular flexibility index (Phi) is 4.47. The van der Waals surface area contributed by atoms with E-state index >= 15 is 0 Å². The van der Waals surface area contributed by atoms with Gasteiger partial charge < -0.3 is 14.4 Å². The van der Waals surface area contributed by atoms with E-state index in [2.05, 4.69) is 0 Å². The maximum Gasteiger partial charge on any atom is 0.308 e. The van der Waals surface area contributed by atoms with Gasteiger partial charge in [0.1, 0.15) is 5.58 Å². The standard InChI is InChI=1S/C16H17NO4.ClH/c1-9-4-3-5-12-10(2)14(21-13(9)12)15(18)17-7-6-11(8-17)16(19)20;/h3-5,11H,6-8H2,1-2H3,(H,19,20);1H. The van der Waals surface area contributed by atoms with Crippen molar-refractivity contribution in [2.45, 2.75) is 20.3 Å². The minimum absolute atomic E-state index is 0. The highest BCUT2D eigenvalue weighted by atomic mass is 35.5. The van der Waals surface area contributed by atoms with Gasteiger partial charge in [-0.05, 0) is 25.8 Å². The first kappa shape index (κ1) is 16.4. The van der Waals surface area contributed by atoms with Crippen LogP contribution in [0.3, 0.4) is 0 Å². The lowest BCUT2D eigenvalue weighted by molar-refractivity contribution is -0.141. The molecule has 1 aliphatic rings. The molecule has 0 radical (unpaired) electrons. The number of aliphatic carboxylic acids is 1. The van der Waals surface area contributed by atoms with Crippen LogP contribution in [0.1, 0.15) is 28.1 Å². The van der Waals surface area contributed by atoms with Crippen LogP contribution in [0.25, 0.3) is 11.0 Å². The third-order valence-electron chi connectivity index (χ3n) is 4.18. The number of carboxylic acids is 1. The van der Waals surface area contributed by atoms with Gasteiger partial charge in [0.15, 0.2) is 5.76 Å². The van der Waals surface area contributed by atoms with E-state index in [4.69, 9.17) is 9.52 Å². The molecule has 0 saturated carbocycles. The molecular weight excluding hydrogens is 306 g/mol. The van der Waals surface area contributed by atoms with Crippen LogP contribution in [0.4, 0.5) is 0 Å². The Morgan fingerprint density at radius 1 is 1.32 bits per heavy atom. The molecule has 1 saturated heterocycles. The molecule has 2 aromatic rings. The molecule has 6 heteroatoms. The molecule has 22 heavy (non-hydrogen) atoms. The van der Waals surface area contributed by atoms with Crippen molar-refractivity contribution in [1.29, 1.82) is 0 Å². The predicted octanol–water partition coefficient (Wildman–Crippen LogP) is 3.02. The summed E-state index contributed by atoms with van der Waals surface area (Å²) in [5, 5.41) is 9.96. The van der Waals surface area contributed by atoms with Gasteiger partial charge >= 0.3 is 5.97 Å². The number of carbonyl (C=O) groups excluding carboxylic acids is 1. The molecule has 1 amide bonds. The number of carboxylic acid groups (broad SMARTS) is 1. The van der Waals surface area contributed by atoms with Gasteiger partial charge in [0, 0.05) is 24.0 Å². The lowest BCUT2D eigenvalue weighted by Crippen LogP contribution is -2.30. The Labute approximate surface area is 134 Å². The predicted molar refractivity (Wildman–Crippen MR) is 84.6 cm³/mol. The quantitative estimate of drug-likeness (QED) is 0.922. The van der Waals surface area contributed by atoms with Gasteiger partial charge in [-0.15, -0.1) is 12.4 Å². The van der Waals surface area contributed by atoms with E-state index in [1.165, 1.54) is 0 Å². The van der Waals surface area contributed by atoms with Gasteiger partial charge in [0.2, 0.25) is 0 Å². The Balaban J connectivity index is 0.00000176. The van der Waals surface area contributed by atoms with Crippen molar-refractivity contribution in [2.24, 2.45) is 5.92 Å². The first-order valence-electron chi connectivity index (χ1n) is 7.00. The molecule has 1 N–H and O–H groups in total. The highest BCUT2D eigenvalue weighted by molar-refractivity contribution is 5.99. The Hall–Kier alpha value is -2.01. The lowest BCUT2D eigenvalue weighted by Gasteiger charge is -2.14. The summed E-state index contributed by atoms with van der Waals surface area (Å²) in [6, 6.07) is 5.81. The van der Waals surface area contributed by atoms with Crippen LogP contribution in [-0.2, 0) is 4.79 Å². The summed E-state index contributed by atoms with van der Waals surface area (Å²) in [6.07, 6.45) is 0.499. The van der Waals surface area contributed by atoms with Crippen LogP contribution < -0.4 is 0 Å². The average molecular weight is 324 g/mol. The molecule has 0 spiro atoms. The molecule has 0 bridgehead atoms. The van der Waals surface area contributed by atoms with E-state index in [-0.39, 0.29) is 24.9 Å². The van der Waals surface area contributed by atoms with Gasteiger partial charge in [-0.2, -0.15) is 0 Å². The number of hydrogen-bond donors (Lipinski definition) is 1. The Morgan fingerprint density at radius 2 is 2.05 bits per heavy atom. The smallest absolute Gasteiger partial charge is 0.308 e. The normalized spacial score (nSPS) is 17.5. The summed E-state index contributed by atoms with van der Waals surface area (Å²) >= 11 is 0. The second kappa shape index (κ2) is 6.01. The second-order valence-corrected chi connectivity index (χ2v) is 5.58. The maximum atomic E-state index is 12.6. The molecular formula is C16H18ClNO4. The number of fused-ring (bicyclic) bond motifs is 1. The molecule has 1 unspecified atom stereocenters. The first-order chi connectivity index (χ1) is 9.99. The molecule has 2 heterocycles. The highest BCUT2D eigenvalue weighted by Gasteiger charge is 2.33. The largest absolute Gasteiger partial charge is 0.481 e. The SMILES string of the molecule is Cc1c(C(=O)N2CCC(C(=O)O)C2)oc2c(C)cccc12.Cl. The van der Waals surface area contributed by atoms with Crippen LogP contribution in [0, 0.1) is 19.8 Å². The molecule has 1 aliphatic heterocycles. The van der Waals surface area contributed by atoms with Crippen molar-refractivity contribution in [3.63, 3.8) is 0 Å². The Bertz CT molecular complexity index is 737. The fraction of sp³-hybridized carbons (Fsp3) is 0.375. The zero-order valence-corrected chi connectivity index (χ0v) is 13.3. The zero-order valence-electron chi connectivity index (χ0n) is 12.5. The summed E-state index contributed by atoms with van der Waals surface area (Å²) in [4.78, 5) is 25.1. The van der Waals surface area contributed by atoms with Crippen molar-refractivity contribution in [2.75, 3.05) is 13.1 Å². The van der Waals surface area contributed by atoms with E-state index in [0.717, 1.165) is 22.1 Å². The number of aryl methyl sites for hydroxylation is 2. The number of benzene rings is 1. The van der Waals surface area contributed by atoms with Gasteiger partial charge in [0.25, 0.3) is 5.91 Å². The number of furan rings is 1. The van der Waals surface area contributed by atoms with E-state index in [1.54, 1.807) is 4.90 Å². The van der Waals surface area contributed by atoms with Gasteiger partial charge in [-0.3, -0.25) is 9.59 Å². The number of hydrogen-bond acceptors (Lipinski definition) is 3. The monoisotopic (exact) mass is 323 g/mol. The average Bonchev–Trinajstić information content (AvgIpc) is 3.05. The van der Waals surface area contributed by atoms with Crippen molar-refractivity contribution in [3.05, 3.63) is 35.1 Å². The van der Waals surface area contributed by atoms with E-state index in [1.807, 2.05) is 32.0 Å². The van der Waals surface area contributed by atoms with Crippen LogP contribution in [0.2, 0.25) is 0 Å². The topological polar surface area (TPSA) is 70.8 Å². The van der Waals surface area contributed by atoms with Gasteiger partial charge in [-0.25, -0.2) is 0 Å². The van der Waals surface area contributed by atoms with Crippen LogP contribution in [-0.4, -0.2) is 35.0 Å². The zero-order chi connectivity index (χ0) is 15.1. The van der Waals surface area contributed by atoms with Crippen molar-refractivity contribution in [3.8, 4) is 0 Å². The summed E-state index contributed by atoms with van der Waals surface area (Å²) in [5.41, 5.74) is 2.53. The van der Waals surface area contributed by atoms with Crippen molar-refractivity contribution >= 4 is 35.3 Å². The van der Waals surface area contributed by atoms with E-state index in [0.29, 0.717) is 18.7 Å². The van der Waals surface area contributed by atoms with Crippen molar-refractivity contribution in [1.82, 2.24) is 4.90 Å². The summed E-state index contributed by atoms with van der Waals surface area (Å²) in [7, 11) is 0. The molecule has 1 aromatic carbocycles. The van der Waals surface area contributed by atoms with Crippen molar-refractivity contribution < 1.29 is 19.1 Å². The number of carbonyl (C=O) groups is 2. The minimum atomic E-state index is -0.845. The molecule has 1 fully saturated rings. The van der Waals surface area contributed by atoms with Gasteiger partial charge in [0.05, 0.1) is 5.92 Å². The highest BCUT2D eigenvalue weighted by Crippen LogP contribution is 2.29. The summed E-state index contributed by atoms with van der Waals surface area (Å²) in [5.74, 6) is -1.21. The molecule has 1 aromatic heterocycles. The van der Waals surface area contributed by atoms with Crippen LogP contribution >= 0.6 is 12.4 Å². The van der Waals surface area contributed by atoms with Crippen LogP contribution in [0.5, 0.6) is 0 Å². The number of likely N-dealkylation sites (tertiary alicyclic amines) is 1.